The van der Waals surface area contributed by atoms with E-state index in [9.17, 15) is 13.2 Å². The van der Waals surface area contributed by atoms with Gasteiger partial charge in [0.15, 0.2) is 0 Å². The van der Waals surface area contributed by atoms with E-state index in [0.29, 0.717) is 12.0 Å². The summed E-state index contributed by atoms with van der Waals surface area (Å²) in [7, 11) is 0. The van der Waals surface area contributed by atoms with Gasteiger partial charge in [-0.05, 0) is 41.7 Å². The quantitative estimate of drug-likeness (QED) is 0.826. The van der Waals surface area contributed by atoms with Crippen LogP contribution >= 0.6 is 0 Å². The van der Waals surface area contributed by atoms with Gasteiger partial charge in [-0.1, -0.05) is 37.3 Å². The SMILES string of the molecule is CCc1ccc(Cc2ccc(C(F)(F)F)cc2N)cc1. The number of rotatable bonds is 3. The predicted molar refractivity (Wildman–Crippen MR) is 74.5 cm³/mol. The number of hydrogen-bond donors (Lipinski definition) is 1. The van der Waals surface area contributed by atoms with Crippen molar-refractivity contribution in [3.05, 3.63) is 64.7 Å². The third-order valence-corrected chi connectivity index (χ3v) is 3.30. The molecular weight excluding hydrogens is 263 g/mol. The summed E-state index contributed by atoms with van der Waals surface area (Å²) in [6.07, 6.45) is -2.86. The summed E-state index contributed by atoms with van der Waals surface area (Å²) in [5.74, 6) is 0. The van der Waals surface area contributed by atoms with E-state index in [0.717, 1.165) is 24.1 Å². The minimum absolute atomic E-state index is 0.180. The van der Waals surface area contributed by atoms with Crippen LogP contribution in [0.15, 0.2) is 42.5 Å². The van der Waals surface area contributed by atoms with E-state index in [1.165, 1.54) is 11.6 Å². The topological polar surface area (TPSA) is 26.0 Å². The van der Waals surface area contributed by atoms with Crippen LogP contribution in [0.2, 0.25) is 0 Å². The molecule has 0 radical (unpaired) electrons. The largest absolute Gasteiger partial charge is 0.416 e. The van der Waals surface area contributed by atoms with E-state index in [4.69, 9.17) is 5.73 Å². The second kappa shape index (κ2) is 5.57. The Morgan fingerprint density at radius 1 is 0.950 bits per heavy atom. The number of nitrogens with two attached hydrogens (primary N) is 1. The maximum atomic E-state index is 12.6. The maximum Gasteiger partial charge on any atom is 0.416 e. The lowest BCUT2D eigenvalue weighted by molar-refractivity contribution is -0.137. The molecule has 0 aromatic heterocycles. The second-order valence-electron chi connectivity index (χ2n) is 4.76. The Morgan fingerprint density at radius 3 is 2.05 bits per heavy atom. The average molecular weight is 279 g/mol. The molecule has 0 aliphatic rings. The Balaban J connectivity index is 2.21. The van der Waals surface area contributed by atoms with Gasteiger partial charge in [-0.3, -0.25) is 0 Å². The Hall–Kier alpha value is -1.97. The molecule has 4 heteroatoms. The van der Waals surface area contributed by atoms with Crippen LogP contribution in [0.1, 0.15) is 29.2 Å². The van der Waals surface area contributed by atoms with Gasteiger partial charge in [0, 0.05) is 5.69 Å². The lowest BCUT2D eigenvalue weighted by atomic mass is 10.00. The zero-order chi connectivity index (χ0) is 14.8. The number of halogens is 3. The molecule has 0 aliphatic heterocycles. The third kappa shape index (κ3) is 3.32. The van der Waals surface area contributed by atoms with Gasteiger partial charge in [-0.2, -0.15) is 13.2 Å². The first kappa shape index (κ1) is 14.4. The van der Waals surface area contributed by atoms with Crippen LogP contribution in [-0.2, 0) is 19.0 Å². The third-order valence-electron chi connectivity index (χ3n) is 3.30. The van der Waals surface area contributed by atoms with Crippen molar-refractivity contribution in [3.63, 3.8) is 0 Å². The van der Waals surface area contributed by atoms with Crippen molar-refractivity contribution >= 4 is 5.69 Å². The molecule has 20 heavy (non-hydrogen) atoms. The molecule has 0 saturated heterocycles. The minimum Gasteiger partial charge on any atom is -0.398 e. The molecule has 0 spiro atoms. The Labute approximate surface area is 116 Å². The number of aryl methyl sites for hydroxylation is 1. The van der Waals surface area contributed by atoms with Crippen LogP contribution in [0.4, 0.5) is 18.9 Å². The highest BCUT2D eigenvalue weighted by molar-refractivity contribution is 5.51. The summed E-state index contributed by atoms with van der Waals surface area (Å²) < 4.78 is 37.7. The van der Waals surface area contributed by atoms with Crippen molar-refractivity contribution in [2.75, 3.05) is 5.73 Å². The van der Waals surface area contributed by atoms with E-state index in [-0.39, 0.29) is 5.69 Å². The number of benzene rings is 2. The van der Waals surface area contributed by atoms with Gasteiger partial charge >= 0.3 is 6.18 Å². The molecule has 0 atom stereocenters. The van der Waals surface area contributed by atoms with Crippen LogP contribution in [0.25, 0.3) is 0 Å². The Morgan fingerprint density at radius 2 is 1.55 bits per heavy atom. The average Bonchev–Trinajstić information content (AvgIpc) is 2.41. The van der Waals surface area contributed by atoms with Crippen molar-refractivity contribution in [3.8, 4) is 0 Å². The van der Waals surface area contributed by atoms with Crippen molar-refractivity contribution in [2.24, 2.45) is 0 Å². The molecule has 0 bridgehead atoms. The number of hydrogen-bond acceptors (Lipinski definition) is 1. The Kier molecular flexibility index (Phi) is 4.02. The van der Waals surface area contributed by atoms with E-state index in [1.54, 1.807) is 0 Å². The number of anilines is 1. The molecule has 0 fully saturated rings. The molecule has 0 heterocycles. The van der Waals surface area contributed by atoms with Crippen LogP contribution in [0.5, 0.6) is 0 Å². The summed E-state index contributed by atoms with van der Waals surface area (Å²) in [4.78, 5) is 0. The first-order valence-corrected chi connectivity index (χ1v) is 6.43. The smallest absolute Gasteiger partial charge is 0.398 e. The van der Waals surface area contributed by atoms with Gasteiger partial charge in [-0.15, -0.1) is 0 Å². The highest BCUT2D eigenvalue weighted by Crippen LogP contribution is 2.31. The fourth-order valence-corrected chi connectivity index (χ4v) is 2.04. The summed E-state index contributed by atoms with van der Waals surface area (Å²) in [5, 5.41) is 0. The van der Waals surface area contributed by atoms with Crippen LogP contribution in [-0.4, -0.2) is 0 Å². The maximum absolute atomic E-state index is 12.6. The van der Waals surface area contributed by atoms with Crippen LogP contribution < -0.4 is 5.73 Å². The van der Waals surface area contributed by atoms with E-state index >= 15 is 0 Å². The zero-order valence-corrected chi connectivity index (χ0v) is 11.2. The normalized spacial score (nSPS) is 11.6. The highest BCUT2D eigenvalue weighted by Gasteiger charge is 2.30. The fraction of sp³-hybridized carbons (Fsp3) is 0.250. The van der Waals surface area contributed by atoms with Gasteiger partial charge in [-0.25, -0.2) is 0 Å². The van der Waals surface area contributed by atoms with Gasteiger partial charge in [0.1, 0.15) is 0 Å². The molecule has 2 aromatic carbocycles. The minimum atomic E-state index is -4.35. The molecular formula is C16H16F3N. The van der Waals surface area contributed by atoms with Gasteiger partial charge in [0.25, 0.3) is 0 Å². The van der Waals surface area contributed by atoms with Gasteiger partial charge in [0.05, 0.1) is 5.56 Å². The van der Waals surface area contributed by atoms with E-state index < -0.39 is 11.7 Å². The van der Waals surface area contributed by atoms with E-state index in [1.807, 2.05) is 24.3 Å². The van der Waals surface area contributed by atoms with Crippen molar-refractivity contribution in [2.45, 2.75) is 25.9 Å². The van der Waals surface area contributed by atoms with Crippen LogP contribution in [0, 0.1) is 0 Å². The summed E-state index contributed by atoms with van der Waals surface area (Å²) in [6, 6.07) is 11.5. The first-order valence-electron chi connectivity index (χ1n) is 6.43. The molecule has 106 valence electrons. The first-order chi connectivity index (χ1) is 9.40. The number of alkyl halides is 3. The summed E-state index contributed by atoms with van der Waals surface area (Å²) in [5.41, 5.74) is 8.17. The van der Waals surface area contributed by atoms with Gasteiger partial charge in [0.2, 0.25) is 0 Å². The number of nitrogen functional groups attached to an aromatic ring is 1. The second-order valence-corrected chi connectivity index (χ2v) is 4.76. The standard InChI is InChI=1S/C16H16F3N/c1-2-11-3-5-12(6-4-11)9-13-7-8-14(10-15(13)20)16(17,18)19/h3-8,10H,2,9,20H2,1H3. The monoisotopic (exact) mass is 279 g/mol. The molecule has 1 nitrogen and oxygen atoms in total. The molecule has 0 amide bonds. The summed E-state index contributed by atoms with van der Waals surface area (Å²) >= 11 is 0. The lowest BCUT2D eigenvalue weighted by Gasteiger charge is -2.11. The van der Waals surface area contributed by atoms with Crippen molar-refractivity contribution in [1.29, 1.82) is 0 Å². The lowest BCUT2D eigenvalue weighted by Crippen LogP contribution is -2.07. The van der Waals surface area contributed by atoms with Crippen molar-refractivity contribution < 1.29 is 13.2 Å². The highest BCUT2D eigenvalue weighted by atomic mass is 19.4. The molecule has 2 aromatic rings. The predicted octanol–water partition coefficient (Wildman–Crippen LogP) is 4.44. The van der Waals surface area contributed by atoms with E-state index in [2.05, 4.69) is 6.92 Å². The fourth-order valence-electron chi connectivity index (χ4n) is 2.04. The molecule has 2 rings (SSSR count). The zero-order valence-electron chi connectivity index (χ0n) is 11.2. The van der Waals surface area contributed by atoms with Gasteiger partial charge < -0.3 is 5.73 Å². The molecule has 2 N–H and O–H groups in total. The Bertz CT molecular complexity index is 586. The van der Waals surface area contributed by atoms with Crippen LogP contribution in [0.3, 0.4) is 0 Å². The summed E-state index contributed by atoms with van der Waals surface area (Å²) in [6.45, 7) is 2.07. The van der Waals surface area contributed by atoms with Crippen molar-refractivity contribution in [1.82, 2.24) is 0 Å². The molecule has 0 unspecified atom stereocenters. The molecule has 0 saturated carbocycles. The molecule has 0 aliphatic carbocycles.